The van der Waals surface area contributed by atoms with E-state index in [1.807, 2.05) is 13.0 Å². The molecule has 0 aliphatic carbocycles. The first kappa shape index (κ1) is 13.3. The fourth-order valence-electron chi connectivity index (χ4n) is 2.49. The summed E-state index contributed by atoms with van der Waals surface area (Å²) in [5.74, 6) is 0.855. The molecule has 0 unspecified atom stereocenters. The monoisotopic (exact) mass is 248 g/mol. The molecule has 0 amide bonds. The molecule has 18 heavy (non-hydrogen) atoms. The molecule has 4 heteroatoms. The van der Waals surface area contributed by atoms with Crippen LogP contribution in [0.2, 0.25) is 0 Å². The van der Waals surface area contributed by atoms with Gasteiger partial charge in [0.2, 0.25) is 5.95 Å². The van der Waals surface area contributed by atoms with Crippen molar-refractivity contribution in [2.45, 2.75) is 46.6 Å². The highest BCUT2D eigenvalue weighted by Crippen LogP contribution is 2.30. The standard InChI is InChI=1S/C14H24N4/c1-11-9-12(10-15)17-13(16-11)18-7-4-5-14(2,3)6-8-18/h9H,4-8,10,15H2,1-3H3. The lowest BCUT2D eigenvalue weighted by atomic mass is 9.85. The number of anilines is 1. The second-order valence-electron chi connectivity index (χ2n) is 6.01. The first-order valence-corrected chi connectivity index (χ1v) is 6.80. The lowest BCUT2D eigenvalue weighted by molar-refractivity contribution is 0.325. The van der Waals surface area contributed by atoms with Crippen molar-refractivity contribution in [3.8, 4) is 0 Å². The molecule has 1 saturated heterocycles. The lowest BCUT2D eigenvalue weighted by Crippen LogP contribution is -2.27. The van der Waals surface area contributed by atoms with Gasteiger partial charge in [-0.05, 0) is 37.7 Å². The van der Waals surface area contributed by atoms with Gasteiger partial charge in [-0.25, -0.2) is 9.97 Å². The van der Waals surface area contributed by atoms with Crippen LogP contribution in [-0.4, -0.2) is 23.1 Å². The van der Waals surface area contributed by atoms with Crippen LogP contribution in [-0.2, 0) is 6.54 Å². The van der Waals surface area contributed by atoms with Crippen LogP contribution in [0.25, 0.3) is 0 Å². The van der Waals surface area contributed by atoms with Gasteiger partial charge in [0.1, 0.15) is 0 Å². The fraction of sp³-hybridized carbons (Fsp3) is 0.714. The number of rotatable bonds is 2. The van der Waals surface area contributed by atoms with Gasteiger partial charge in [-0.1, -0.05) is 13.8 Å². The number of hydrogen-bond acceptors (Lipinski definition) is 4. The molecule has 0 atom stereocenters. The van der Waals surface area contributed by atoms with Gasteiger partial charge in [-0.3, -0.25) is 0 Å². The van der Waals surface area contributed by atoms with Crippen molar-refractivity contribution in [1.82, 2.24) is 9.97 Å². The molecule has 4 nitrogen and oxygen atoms in total. The Hall–Kier alpha value is -1.16. The minimum atomic E-state index is 0.440. The van der Waals surface area contributed by atoms with Gasteiger partial charge in [0, 0.05) is 25.3 Å². The summed E-state index contributed by atoms with van der Waals surface area (Å²) in [7, 11) is 0. The molecule has 1 aliphatic rings. The fourth-order valence-corrected chi connectivity index (χ4v) is 2.49. The van der Waals surface area contributed by atoms with E-state index in [9.17, 15) is 0 Å². The zero-order chi connectivity index (χ0) is 13.2. The third kappa shape index (κ3) is 3.19. The van der Waals surface area contributed by atoms with Crippen LogP contribution < -0.4 is 10.6 Å². The zero-order valence-corrected chi connectivity index (χ0v) is 11.7. The van der Waals surface area contributed by atoms with Crippen LogP contribution in [0.1, 0.15) is 44.5 Å². The van der Waals surface area contributed by atoms with Crippen LogP contribution in [0.5, 0.6) is 0 Å². The Morgan fingerprint density at radius 3 is 2.78 bits per heavy atom. The molecule has 1 aliphatic heterocycles. The van der Waals surface area contributed by atoms with E-state index in [1.165, 1.54) is 19.3 Å². The lowest BCUT2D eigenvalue weighted by Gasteiger charge is -2.23. The van der Waals surface area contributed by atoms with Crippen molar-refractivity contribution in [3.63, 3.8) is 0 Å². The van der Waals surface area contributed by atoms with Gasteiger partial charge in [-0.2, -0.15) is 0 Å². The maximum absolute atomic E-state index is 5.68. The largest absolute Gasteiger partial charge is 0.341 e. The number of hydrogen-bond donors (Lipinski definition) is 1. The third-order valence-electron chi connectivity index (χ3n) is 3.73. The summed E-state index contributed by atoms with van der Waals surface area (Å²) in [6.45, 7) is 9.27. The van der Waals surface area contributed by atoms with Crippen molar-refractivity contribution in [2.75, 3.05) is 18.0 Å². The summed E-state index contributed by atoms with van der Waals surface area (Å²) in [5.41, 5.74) is 8.06. The van der Waals surface area contributed by atoms with E-state index in [1.54, 1.807) is 0 Å². The van der Waals surface area contributed by atoms with Gasteiger partial charge in [0.15, 0.2) is 0 Å². The highest BCUT2D eigenvalue weighted by molar-refractivity contribution is 5.32. The predicted octanol–water partition coefficient (Wildman–Crippen LogP) is 2.26. The highest BCUT2D eigenvalue weighted by Gasteiger charge is 2.24. The van der Waals surface area contributed by atoms with Gasteiger partial charge < -0.3 is 10.6 Å². The Bertz CT molecular complexity index is 414. The number of nitrogens with zero attached hydrogens (tertiary/aromatic N) is 3. The van der Waals surface area contributed by atoms with Gasteiger partial charge in [0.05, 0.1) is 5.69 Å². The van der Waals surface area contributed by atoms with Crippen LogP contribution in [0.15, 0.2) is 6.07 Å². The molecule has 0 spiro atoms. The van der Waals surface area contributed by atoms with Gasteiger partial charge in [0.25, 0.3) is 0 Å². The van der Waals surface area contributed by atoms with Gasteiger partial charge in [-0.15, -0.1) is 0 Å². The number of nitrogens with two attached hydrogens (primary N) is 1. The van der Waals surface area contributed by atoms with E-state index in [0.717, 1.165) is 30.4 Å². The Kier molecular flexibility index (Phi) is 3.85. The SMILES string of the molecule is Cc1cc(CN)nc(N2CCCC(C)(C)CC2)n1. The molecule has 0 aromatic carbocycles. The molecule has 1 aromatic rings. The Morgan fingerprint density at radius 2 is 2.06 bits per heavy atom. The second kappa shape index (κ2) is 5.22. The molecule has 1 aromatic heterocycles. The van der Waals surface area contributed by atoms with E-state index >= 15 is 0 Å². The van der Waals surface area contributed by atoms with Crippen molar-refractivity contribution < 1.29 is 0 Å². The van der Waals surface area contributed by atoms with Crippen molar-refractivity contribution in [3.05, 3.63) is 17.5 Å². The average Bonchev–Trinajstić information content (AvgIpc) is 2.49. The smallest absolute Gasteiger partial charge is 0.225 e. The van der Waals surface area contributed by atoms with E-state index in [-0.39, 0.29) is 0 Å². The number of aryl methyl sites for hydroxylation is 1. The molecular weight excluding hydrogens is 224 g/mol. The summed E-state index contributed by atoms with van der Waals surface area (Å²) in [6.07, 6.45) is 3.68. The summed E-state index contributed by atoms with van der Waals surface area (Å²) >= 11 is 0. The van der Waals surface area contributed by atoms with Crippen LogP contribution >= 0.6 is 0 Å². The molecule has 0 radical (unpaired) electrons. The first-order chi connectivity index (χ1) is 8.50. The summed E-state index contributed by atoms with van der Waals surface area (Å²) in [4.78, 5) is 11.4. The first-order valence-electron chi connectivity index (χ1n) is 6.80. The summed E-state index contributed by atoms with van der Waals surface area (Å²) < 4.78 is 0. The molecule has 100 valence electrons. The zero-order valence-electron chi connectivity index (χ0n) is 11.7. The van der Waals surface area contributed by atoms with Crippen LogP contribution in [0.3, 0.4) is 0 Å². The topological polar surface area (TPSA) is 55.0 Å². The van der Waals surface area contributed by atoms with Gasteiger partial charge >= 0.3 is 0 Å². The predicted molar refractivity (Wildman–Crippen MR) is 74.5 cm³/mol. The van der Waals surface area contributed by atoms with Crippen molar-refractivity contribution in [1.29, 1.82) is 0 Å². The summed E-state index contributed by atoms with van der Waals surface area (Å²) in [5, 5.41) is 0. The molecule has 1 fully saturated rings. The van der Waals surface area contributed by atoms with E-state index in [0.29, 0.717) is 12.0 Å². The minimum Gasteiger partial charge on any atom is -0.341 e. The molecule has 2 heterocycles. The van der Waals surface area contributed by atoms with Crippen LogP contribution in [0.4, 0.5) is 5.95 Å². The quantitative estimate of drug-likeness (QED) is 0.872. The summed E-state index contributed by atoms with van der Waals surface area (Å²) in [6, 6.07) is 1.96. The number of aromatic nitrogens is 2. The molecule has 0 bridgehead atoms. The Balaban J connectivity index is 2.18. The van der Waals surface area contributed by atoms with E-state index in [2.05, 4.69) is 28.7 Å². The second-order valence-corrected chi connectivity index (χ2v) is 6.01. The molecule has 0 saturated carbocycles. The van der Waals surface area contributed by atoms with Crippen molar-refractivity contribution >= 4 is 5.95 Å². The maximum atomic E-state index is 5.68. The van der Waals surface area contributed by atoms with E-state index in [4.69, 9.17) is 5.73 Å². The normalized spacial score (nSPS) is 19.7. The van der Waals surface area contributed by atoms with E-state index < -0.39 is 0 Å². The minimum absolute atomic E-state index is 0.440. The maximum Gasteiger partial charge on any atom is 0.225 e. The Labute approximate surface area is 110 Å². The molecule has 2 rings (SSSR count). The molecular formula is C14H24N4. The van der Waals surface area contributed by atoms with Crippen molar-refractivity contribution in [2.24, 2.45) is 11.1 Å². The third-order valence-corrected chi connectivity index (χ3v) is 3.73. The Morgan fingerprint density at radius 1 is 1.28 bits per heavy atom. The van der Waals surface area contributed by atoms with Crippen LogP contribution in [0, 0.1) is 12.3 Å². The highest BCUT2D eigenvalue weighted by atomic mass is 15.3. The molecule has 2 N–H and O–H groups in total. The average molecular weight is 248 g/mol.